The van der Waals surface area contributed by atoms with Crippen molar-refractivity contribution in [2.75, 3.05) is 26.7 Å². The van der Waals surface area contributed by atoms with Crippen molar-refractivity contribution in [3.63, 3.8) is 0 Å². The predicted molar refractivity (Wildman–Crippen MR) is 69.9 cm³/mol. The molecule has 1 aliphatic heterocycles. The zero-order valence-corrected chi connectivity index (χ0v) is 12.2. The highest BCUT2D eigenvalue weighted by Crippen LogP contribution is 2.15. The third-order valence-electron chi connectivity index (χ3n) is 2.79. The number of methoxy groups -OCH3 is 1. The lowest BCUT2D eigenvalue weighted by molar-refractivity contribution is -0.147. The van der Waals surface area contributed by atoms with E-state index in [-0.39, 0.29) is 19.6 Å². The lowest BCUT2D eigenvalue weighted by Crippen LogP contribution is -2.61. The number of amides is 3. The molecule has 1 heterocycles. The highest BCUT2D eigenvalue weighted by Gasteiger charge is 2.38. The largest absolute Gasteiger partial charge is 0.467 e. The SMILES string of the molecule is COC(=O)C1CN(C(=O)OC(C)(C)C)CCN1C(N)=O. The standard InChI is InChI=1S/C12H21N3O5/c1-12(2,3)20-11(18)14-5-6-15(10(13)17)8(7-14)9(16)19-4/h8H,5-7H2,1-4H3,(H2,13,17). The molecule has 0 saturated carbocycles. The van der Waals surface area contributed by atoms with E-state index in [1.54, 1.807) is 20.8 Å². The quantitative estimate of drug-likeness (QED) is 0.692. The summed E-state index contributed by atoms with van der Waals surface area (Å²) in [5.41, 5.74) is 4.59. The summed E-state index contributed by atoms with van der Waals surface area (Å²) in [5.74, 6) is -0.614. The number of carbonyl (C=O) groups is 3. The van der Waals surface area contributed by atoms with Gasteiger partial charge in [0.05, 0.1) is 13.7 Å². The predicted octanol–water partition coefficient (Wildman–Crippen LogP) is 0.159. The van der Waals surface area contributed by atoms with Crippen molar-refractivity contribution in [1.82, 2.24) is 9.80 Å². The Labute approximate surface area is 117 Å². The molecule has 1 unspecified atom stereocenters. The molecule has 1 atom stereocenters. The molecule has 1 aliphatic rings. The third-order valence-corrected chi connectivity index (χ3v) is 2.79. The number of piperazine rings is 1. The number of hydrogen-bond donors (Lipinski definition) is 1. The number of ether oxygens (including phenoxy) is 2. The van der Waals surface area contributed by atoms with Crippen molar-refractivity contribution in [3.8, 4) is 0 Å². The Morgan fingerprint density at radius 2 is 1.80 bits per heavy atom. The van der Waals surface area contributed by atoms with Crippen LogP contribution in [-0.4, -0.2) is 66.3 Å². The molecule has 0 aliphatic carbocycles. The Hall–Kier alpha value is -1.99. The van der Waals surface area contributed by atoms with E-state index in [1.807, 2.05) is 0 Å². The van der Waals surface area contributed by atoms with E-state index < -0.39 is 29.7 Å². The molecule has 1 rings (SSSR count). The van der Waals surface area contributed by atoms with Gasteiger partial charge in [0.2, 0.25) is 0 Å². The maximum absolute atomic E-state index is 12.0. The summed E-state index contributed by atoms with van der Waals surface area (Å²) in [5, 5.41) is 0. The smallest absolute Gasteiger partial charge is 0.410 e. The van der Waals surface area contributed by atoms with Crippen molar-refractivity contribution in [1.29, 1.82) is 0 Å². The molecular weight excluding hydrogens is 266 g/mol. The van der Waals surface area contributed by atoms with Gasteiger partial charge in [0, 0.05) is 13.1 Å². The maximum atomic E-state index is 12.0. The Bertz CT molecular complexity index is 404. The van der Waals surface area contributed by atoms with E-state index in [2.05, 4.69) is 4.74 Å². The zero-order chi connectivity index (χ0) is 15.5. The second-order valence-corrected chi connectivity index (χ2v) is 5.50. The van der Waals surface area contributed by atoms with Gasteiger partial charge in [-0.15, -0.1) is 0 Å². The molecule has 0 radical (unpaired) electrons. The van der Waals surface area contributed by atoms with Gasteiger partial charge in [-0.05, 0) is 20.8 Å². The van der Waals surface area contributed by atoms with Crippen LogP contribution < -0.4 is 5.73 Å². The summed E-state index contributed by atoms with van der Waals surface area (Å²) in [6.45, 7) is 5.68. The molecule has 20 heavy (non-hydrogen) atoms. The van der Waals surface area contributed by atoms with Crippen LogP contribution in [0.5, 0.6) is 0 Å². The Balaban J connectivity index is 2.78. The molecule has 1 fully saturated rings. The van der Waals surface area contributed by atoms with Gasteiger partial charge >= 0.3 is 18.1 Å². The van der Waals surface area contributed by atoms with Gasteiger partial charge in [0.1, 0.15) is 11.6 Å². The van der Waals surface area contributed by atoms with E-state index in [0.717, 1.165) is 0 Å². The Kier molecular flexibility index (Phi) is 4.80. The topological polar surface area (TPSA) is 102 Å². The molecule has 0 aromatic carbocycles. The summed E-state index contributed by atoms with van der Waals surface area (Å²) in [6, 6.07) is -1.62. The van der Waals surface area contributed by atoms with Crippen LogP contribution in [0.15, 0.2) is 0 Å². The Morgan fingerprint density at radius 3 is 2.25 bits per heavy atom. The first-order chi connectivity index (χ1) is 9.15. The molecule has 0 bridgehead atoms. The first kappa shape index (κ1) is 16.1. The van der Waals surface area contributed by atoms with Gasteiger partial charge in [-0.1, -0.05) is 0 Å². The molecule has 0 aromatic rings. The lowest BCUT2D eigenvalue weighted by atomic mass is 10.1. The number of carbonyl (C=O) groups excluding carboxylic acids is 3. The fourth-order valence-electron chi connectivity index (χ4n) is 1.88. The first-order valence-electron chi connectivity index (χ1n) is 6.27. The minimum Gasteiger partial charge on any atom is -0.467 e. The van der Waals surface area contributed by atoms with Crippen LogP contribution in [-0.2, 0) is 14.3 Å². The van der Waals surface area contributed by atoms with Crippen LogP contribution in [0.4, 0.5) is 9.59 Å². The van der Waals surface area contributed by atoms with E-state index in [1.165, 1.54) is 16.9 Å². The number of primary amides is 1. The van der Waals surface area contributed by atoms with Gasteiger partial charge in [0.15, 0.2) is 0 Å². The van der Waals surface area contributed by atoms with Crippen molar-refractivity contribution in [2.45, 2.75) is 32.4 Å². The fraction of sp³-hybridized carbons (Fsp3) is 0.750. The molecular formula is C12H21N3O5. The molecule has 8 heteroatoms. The van der Waals surface area contributed by atoms with E-state index in [9.17, 15) is 14.4 Å². The van der Waals surface area contributed by atoms with Crippen molar-refractivity contribution < 1.29 is 23.9 Å². The second-order valence-electron chi connectivity index (χ2n) is 5.50. The average molecular weight is 287 g/mol. The minimum absolute atomic E-state index is 0.00449. The summed E-state index contributed by atoms with van der Waals surface area (Å²) in [7, 11) is 1.22. The first-order valence-corrected chi connectivity index (χ1v) is 6.27. The number of hydrogen-bond acceptors (Lipinski definition) is 5. The third kappa shape index (κ3) is 4.01. The fourth-order valence-corrected chi connectivity index (χ4v) is 1.88. The molecule has 2 N–H and O–H groups in total. The van der Waals surface area contributed by atoms with Crippen LogP contribution in [0.25, 0.3) is 0 Å². The van der Waals surface area contributed by atoms with Crippen LogP contribution in [0.3, 0.4) is 0 Å². The molecule has 8 nitrogen and oxygen atoms in total. The van der Waals surface area contributed by atoms with Crippen LogP contribution in [0, 0.1) is 0 Å². The highest BCUT2D eigenvalue weighted by atomic mass is 16.6. The molecule has 0 aromatic heterocycles. The number of rotatable bonds is 1. The average Bonchev–Trinajstić information content (AvgIpc) is 2.34. The van der Waals surface area contributed by atoms with Crippen LogP contribution in [0.1, 0.15) is 20.8 Å². The van der Waals surface area contributed by atoms with E-state index in [4.69, 9.17) is 10.5 Å². The second kappa shape index (κ2) is 5.98. The summed E-state index contributed by atoms with van der Waals surface area (Å²) >= 11 is 0. The summed E-state index contributed by atoms with van der Waals surface area (Å²) in [6.07, 6.45) is -0.532. The van der Waals surface area contributed by atoms with Crippen molar-refractivity contribution >= 4 is 18.1 Å². The molecule has 3 amide bonds. The number of urea groups is 1. The highest BCUT2D eigenvalue weighted by molar-refractivity contribution is 5.84. The van der Waals surface area contributed by atoms with Crippen LogP contribution >= 0.6 is 0 Å². The van der Waals surface area contributed by atoms with E-state index in [0.29, 0.717) is 0 Å². The Morgan fingerprint density at radius 1 is 1.20 bits per heavy atom. The molecule has 0 spiro atoms. The summed E-state index contributed by atoms with van der Waals surface area (Å²) < 4.78 is 9.87. The monoisotopic (exact) mass is 287 g/mol. The summed E-state index contributed by atoms with van der Waals surface area (Å²) in [4.78, 5) is 37.5. The minimum atomic E-state index is -0.904. The van der Waals surface area contributed by atoms with Crippen LogP contribution in [0.2, 0.25) is 0 Å². The van der Waals surface area contributed by atoms with Gasteiger partial charge in [-0.25, -0.2) is 14.4 Å². The van der Waals surface area contributed by atoms with Gasteiger partial charge in [-0.2, -0.15) is 0 Å². The van der Waals surface area contributed by atoms with Gasteiger partial charge in [-0.3, -0.25) is 0 Å². The zero-order valence-electron chi connectivity index (χ0n) is 12.2. The van der Waals surface area contributed by atoms with Crippen molar-refractivity contribution in [2.24, 2.45) is 5.73 Å². The van der Waals surface area contributed by atoms with E-state index >= 15 is 0 Å². The number of nitrogens with two attached hydrogens (primary N) is 1. The van der Waals surface area contributed by atoms with Crippen molar-refractivity contribution in [3.05, 3.63) is 0 Å². The molecule has 114 valence electrons. The molecule has 1 saturated heterocycles. The maximum Gasteiger partial charge on any atom is 0.410 e. The number of esters is 1. The van der Waals surface area contributed by atoms with Gasteiger partial charge in [0.25, 0.3) is 0 Å². The number of nitrogens with zero attached hydrogens (tertiary/aromatic N) is 2. The normalized spacial score (nSPS) is 19.5. The van der Waals surface area contributed by atoms with Gasteiger partial charge < -0.3 is 25.0 Å². The lowest BCUT2D eigenvalue weighted by Gasteiger charge is -2.39.